The molecule has 0 saturated heterocycles. The molecule has 11 aromatic carbocycles. The minimum absolute atomic E-state index is 0.627. The fraction of sp³-hybridized carbons (Fsp3) is 0.0154. The summed E-state index contributed by atoms with van der Waals surface area (Å²) in [5.41, 5.74) is 19.9. The van der Waals surface area contributed by atoms with Crippen LogP contribution in [0.25, 0.3) is 60.5 Å². The topological polar surface area (TPSA) is 11.4 Å². The molecule has 0 N–H and O–H groups in total. The number of hydrogen-bond donors (Lipinski definition) is 0. The number of anilines is 6. The highest BCUT2D eigenvalue weighted by Gasteiger charge is 2.54. The van der Waals surface area contributed by atoms with Crippen LogP contribution in [0.1, 0.15) is 22.3 Å². The smallest absolute Gasteiger partial charge is 0.0733 e. The predicted octanol–water partition coefficient (Wildman–Crippen LogP) is 17.2. The van der Waals surface area contributed by atoms with E-state index in [9.17, 15) is 0 Å². The Labute approximate surface area is 395 Å². The first-order chi connectivity index (χ1) is 33.8. The van der Waals surface area contributed by atoms with Crippen LogP contribution in [0.2, 0.25) is 0 Å². The van der Waals surface area contributed by atoms with Gasteiger partial charge < -0.3 is 14.4 Å². The van der Waals surface area contributed by atoms with E-state index in [2.05, 4.69) is 275 Å². The quantitative estimate of drug-likeness (QED) is 0.158. The molecule has 2 aliphatic carbocycles. The minimum Gasteiger partial charge on any atom is -0.310 e. The summed E-state index contributed by atoms with van der Waals surface area (Å²) in [6.07, 6.45) is 0. The summed E-state index contributed by atoms with van der Waals surface area (Å²) in [5.74, 6) is 0. The molecule has 1 unspecified atom stereocenters. The van der Waals surface area contributed by atoms with Gasteiger partial charge in [0.25, 0.3) is 0 Å². The van der Waals surface area contributed by atoms with Crippen LogP contribution < -0.4 is 9.80 Å². The molecule has 12 aromatic rings. The van der Waals surface area contributed by atoms with Crippen molar-refractivity contribution in [3.05, 3.63) is 283 Å². The van der Waals surface area contributed by atoms with Crippen molar-refractivity contribution in [3.63, 3.8) is 0 Å². The fourth-order valence-corrected chi connectivity index (χ4v) is 11.9. The van der Waals surface area contributed by atoms with Gasteiger partial charge in [0, 0.05) is 50.3 Å². The van der Waals surface area contributed by atoms with Gasteiger partial charge in [-0.1, -0.05) is 176 Å². The van der Waals surface area contributed by atoms with E-state index in [1.54, 1.807) is 0 Å². The normalized spacial score (nSPS) is 14.2. The van der Waals surface area contributed by atoms with Crippen LogP contribution in [0.5, 0.6) is 0 Å². The summed E-state index contributed by atoms with van der Waals surface area (Å²) in [7, 11) is 0. The van der Waals surface area contributed by atoms with Gasteiger partial charge in [-0.3, -0.25) is 0 Å². The van der Waals surface area contributed by atoms with Crippen LogP contribution in [0.4, 0.5) is 34.1 Å². The van der Waals surface area contributed by atoms with E-state index in [4.69, 9.17) is 0 Å². The van der Waals surface area contributed by atoms with Crippen LogP contribution in [0.3, 0.4) is 0 Å². The molecule has 1 atom stereocenters. The van der Waals surface area contributed by atoms with Crippen molar-refractivity contribution in [2.75, 3.05) is 9.80 Å². The number of rotatable bonds is 7. The zero-order valence-corrected chi connectivity index (χ0v) is 37.2. The molecule has 68 heavy (non-hydrogen) atoms. The first kappa shape index (κ1) is 38.4. The lowest BCUT2D eigenvalue weighted by atomic mass is 9.69. The lowest BCUT2D eigenvalue weighted by Gasteiger charge is -2.34. The summed E-state index contributed by atoms with van der Waals surface area (Å²) >= 11 is 0. The van der Waals surface area contributed by atoms with Gasteiger partial charge in [-0.2, -0.15) is 0 Å². The van der Waals surface area contributed by atoms with Gasteiger partial charge in [0.15, 0.2) is 0 Å². The molecule has 14 rings (SSSR count). The van der Waals surface area contributed by atoms with Gasteiger partial charge in [-0.05, 0) is 129 Å². The molecule has 0 amide bonds. The molecule has 3 heteroatoms. The Morgan fingerprint density at radius 1 is 0.309 bits per heavy atom. The Hall–Kier alpha value is -8.92. The molecule has 1 heterocycles. The van der Waals surface area contributed by atoms with E-state index in [0.717, 1.165) is 39.8 Å². The lowest BCUT2D eigenvalue weighted by molar-refractivity contribution is 0.801. The third kappa shape index (κ3) is 5.41. The van der Waals surface area contributed by atoms with Gasteiger partial charge in [0.05, 0.1) is 27.8 Å². The highest BCUT2D eigenvalue weighted by atomic mass is 15.2. The summed E-state index contributed by atoms with van der Waals surface area (Å²) in [5, 5.41) is 4.90. The highest BCUT2D eigenvalue weighted by Crippen LogP contribution is 2.67. The highest BCUT2D eigenvalue weighted by molar-refractivity contribution is 6.13. The molecular formula is C65H43N3. The first-order valence-corrected chi connectivity index (χ1v) is 23.5. The number of fused-ring (bicyclic) bond motifs is 15. The van der Waals surface area contributed by atoms with Crippen LogP contribution in [0, 0.1) is 0 Å². The van der Waals surface area contributed by atoms with Gasteiger partial charge in [-0.25, -0.2) is 0 Å². The number of para-hydroxylation sites is 5. The lowest BCUT2D eigenvalue weighted by Crippen LogP contribution is -2.26. The number of hydrogen-bond acceptors (Lipinski definition) is 2. The van der Waals surface area contributed by atoms with E-state index < -0.39 is 5.41 Å². The second-order valence-corrected chi connectivity index (χ2v) is 18.0. The zero-order valence-electron chi connectivity index (χ0n) is 37.2. The SMILES string of the molecule is c1ccc(N(c2ccccc2)c2cccc3c2-c2ccccc2C32c3ccccc3-c3c(N(c4ccccc4)c4ccc5c(c4)c4ccccc4n5-c4ccccc4)cc4ccccc4c32)cc1. The molecule has 0 fully saturated rings. The van der Waals surface area contributed by atoms with Crippen molar-refractivity contribution >= 4 is 66.7 Å². The van der Waals surface area contributed by atoms with Crippen LogP contribution >= 0.6 is 0 Å². The molecule has 0 radical (unpaired) electrons. The Balaban J connectivity index is 1.09. The summed E-state index contributed by atoms with van der Waals surface area (Å²) in [6, 6.07) is 96.1. The summed E-state index contributed by atoms with van der Waals surface area (Å²) < 4.78 is 2.40. The minimum atomic E-state index is -0.627. The molecular weight excluding hydrogens is 823 g/mol. The van der Waals surface area contributed by atoms with Gasteiger partial charge in [-0.15, -0.1) is 0 Å². The van der Waals surface area contributed by atoms with Crippen LogP contribution in [0.15, 0.2) is 261 Å². The number of benzene rings is 11. The third-order valence-electron chi connectivity index (χ3n) is 14.5. The Morgan fingerprint density at radius 3 is 1.47 bits per heavy atom. The zero-order chi connectivity index (χ0) is 44.8. The molecule has 1 aromatic heterocycles. The van der Waals surface area contributed by atoms with E-state index >= 15 is 0 Å². The number of aromatic nitrogens is 1. The standard InChI is InChI=1S/C65H43N3/c1-5-23-45(24-6-1)66(46-25-7-2-8-26-46)60-39-21-37-57-62(60)52-33-15-18-35-55(52)65(57)56-36-19-16-34-53(56)63-61(42-44-22-13-14-31-50(44)64(63)65)67(47-27-9-3-10-28-47)49-40-41-59-54(43-49)51-32-17-20-38-58(51)68(59)48-29-11-4-12-30-48/h1-43H. The molecule has 3 nitrogen and oxygen atoms in total. The van der Waals surface area contributed by atoms with E-state index in [1.165, 1.54) is 77.1 Å². The van der Waals surface area contributed by atoms with E-state index in [-0.39, 0.29) is 0 Å². The molecule has 1 spiro atoms. The maximum absolute atomic E-state index is 2.51. The fourth-order valence-electron chi connectivity index (χ4n) is 11.9. The monoisotopic (exact) mass is 865 g/mol. The van der Waals surface area contributed by atoms with Crippen LogP contribution in [-0.4, -0.2) is 4.57 Å². The van der Waals surface area contributed by atoms with Crippen LogP contribution in [-0.2, 0) is 5.41 Å². The Kier molecular flexibility index (Phi) is 8.50. The summed E-state index contributed by atoms with van der Waals surface area (Å²) in [4.78, 5) is 4.95. The van der Waals surface area contributed by atoms with Crippen molar-refractivity contribution in [2.45, 2.75) is 5.41 Å². The van der Waals surface area contributed by atoms with Gasteiger partial charge in [0.2, 0.25) is 0 Å². The van der Waals surface area contributed by atoms with Gasteiger partial charge in [0.1, 0.15) is 0 Å². The molecule has 318 valence electrons. The van der Waals surface area contributed by atoms with Crippen molar-refractivity contribution in [3.8, 4) is 27.9 Å². The Bertz CT molecular complexity index is 3870. The maximum atomic E-state index is 2.51. The maximum Gasteiger partial charge on any atom is 0.0733 e. The van der Waals surface area contributed by atoms with Crippen molar-refractivity contribution in [2.24, 2.45) is 0 Å². The largest absolute Gasteiger partial charge is 0.310 e. The van der Waals surface area contributed by atoms with Crippen molar-refractivity contribution in [1.29, 1.82) is 0 Å². The number of nitrogens with zero attached hydrogens (tertiary/aromatic N) is 3. The van der Waals surface area contributed by atoms with E-state index in [0.29, 0.717) is 0 Å². The van der Waals surface area contributed by atoms with E-state index in [1.807, 2.05) is 0 Å². The second kappa shape index (κ2) is 15.1. The molecule has 0 bridgehead atoms. The predicted molar refractivity (Wildman–Crippen MR) is 284 cm³/mol. The average Bonchev–Trinajstić information content (AvgIpc) is 4.02. The summed E-state index contributed by atoms with van der Waals surface area (Å²) in [6.45, 7) is 0. The average molecular weight is 866 g/mol. The van der Waals surface area contributed by atoms with Crippen molar-refractivity contribution in [1.82, 2.24) is 4.57 Å². The van der Waals surface area contributed by atoms with Crippen molar-refractivity contribution < 1.29 is 0 Å². The molecule has 2 aliphatic rings. The Morgan fingerprint density at radius 2 is 0.809 bits per heavy atom. The first-order valence-electron chi connectivity index (χ1n) is 23.5. The van der Waals surface area contributed by atoms with Gasteiger partial charge >= 0.3 is 0 Å². The third-order valence-corrected chi connectivity index (χ3v) is 14.5. The second-order valence-electron chi connectivity index (χ2n) is 18.0. The molecule has 0 saturated carbocycles. The molecule has 0 aliphatic heterocycles.